The van der Waals surface area contributed by atoms with E-state index in [0.29, 0.717) is 127 Å². The van der Waals surface area contributed by atoms with Gasteiger partial charge in [0, 0.05) is 100 Å². The summed E-state index contributed by atoms with van der Waals surface area (Å²) in [4.78, 5) is 95.4. The number of Topliss-reactive ketones (excluding diaryl/α,β-unsaturated/α-hetero) is 1. The van der Waals surface area contributed by atoms with Gasteiger partial charge in [-0.3, -0.25) is 19.2 Å². The number of piperidine rings is 1. The first kappa shape index (κ1) is 62.4. The van der Waals surface area contributed by atoms with Gasteiger partial charge in [0.25, 0.3) is 5.91 Å². The number of esters is 1. The lowest BCUT2D eigenvalue weighted by Gasteiger charge is -2.39. The van der Waals surface area contributed by atoms with Crippen LogP contribution < -0.4 is 29.3 Å². The molecule has 2 atom stereocenters. The molecule has 8 heterocycles. The van der Waals surface area contributed by atoms with Crippen LogP contribution in [0.25, 0.3) is 11.3 Å². The average molecular weight is 1190 g/mol. The Labute approximate surface area is 505 Å². The second-order valence-corrected chi connectivity index (χ2v) is 23.3. The molecule has 2 saturated heterocycles. The summed E-state index contributed by atoms with van der Waals surface area (Å²) in [5.41, 5.74) is 2.46. The molecule has 25 nitrogen and oxygen atoms in total. The van der Waals surface area contributed by atoms with E-state index in [4.69, 9.17) is 33.4 Å². The monoisotopic (exact) mass is 1190 g/mol. The number of piperazine rings is 1. The number of hydrogen-bond acceptors (Lipinski definition) is 21. The van der Waals surface area contributed by atoms with E-state index < -0.39 is 23.5 Å². The first-order valence-electron chi connectivity index (χ1n) is 29.1. The summed E-state index contributed by atoms with van der Waals surface area (Å²) in [6.45, 7) is 15.5. The maximum Gasteiger partial charge on any atom is 0.328 e. The van der Waals surface area contributed by atoms with E-state index in [9.17, 15) is 29.2 Å². The van der Waals surface area contributed by atoms with Crippen LogP contribution in [0.2, 0.25) is 0 Å². The molecular formula is C62H74N14O11. The highest BCUT2D eigenvalue weighted by molar-refractivity contribution is 6.13. The summed E-state index contributed by atoms with van der Waals surface area (Å²) in [6.07, 6.45) is 10.9. The van der Waals surface area contributed by atoms with E-state index in [-0.39, 0.29) is 81.1 Å². The number of amides is 3. The molecule has 6 aromatic rings. The van der Waals surface area contributed by atoms with Gasteiger partial charge in [0.1, 0.15) is 59.2 Å². The summed E-state index contributed by atoms with van der Waals surface area (Å²) < 4.78 is 35.7. The SMILES string of the molecule is COC(=O)[C@H](CCC(C)(C)C)NC(=O)COc1cccc(Oc2ccc(OC3CCN(C(=O)CCOCCOCc4cn(CC(=O)N5CCN(c6ncc(-c7ccc8c(n7)N(Cc7cccnc7C#N)C(C)(C)C8=O)cn6)C[C@H]5C)nn4)CC3)cn2)c1. The number of likely N-dealkylation sites (tertiary alicyclic amines) is 1. The van der Waals surface area contributed by atoms with E-state index >= 15 is 0 Å². The molecular weight excluding hydrogens is 1120 g/mol. The number of carbonyl (C=O) groups excluding carboxylic acids is 5. The maximum absolute atomic E-state index is 13.5. The van der Waals surface area contributed by atoms with E-state index in [1.165, 1.54) is 11.8 Å². The van der Waals surface area contributed by atoms with Gasteiger partial charge in [-0.1, -0.05) is 38.1 Å². The van der Waals surface area contributed by atoms with Crippen molar-refractivity contribution in [1.29, 1.82) is 5.26 Å². The van der Waals surface area contributed by atoms with Crippen molar-refractivity contribution in [3.63, 3.8) is 0 Å². The molecule has 1 N–H and O–H groups in total. The third-order valence-corrected chi connectivity index (χ3v) is 15.3. The van der Waals surface area contributed by atoms with Gasteiger partial charge in [-0.15, -0.1) is 5.10 Å². The van der Waals surface area contributed by atoms with E-state index in [1.807, 2.05) is 46.4 Å². The number of carbonyl (C=O) groups is 5. The van der Waals surface area contributed by atoms with Crippen molar-refractivity contribution >= 4 is 41.2 Å². The number of pyridine rings is 3. The number of nitrogens with zero attached hydrogens (tertiary/aromatic N) is 13. The number of hydrogen-bond donors (Lipinski definition) is 1. The minimum Gasteiger partial charge on any atom is -0.489 e. The van der Waals surface area contributed by atoms with Gasteiger partial charge >= 0.3 is 5.97 Å². The molecule has 458 valence electrons. The number of aromatic nitrogens is 8. The molecule has 9 rings (SSSR count). The van der Waals surface area contributed by atoms with E-state index in [2.05, 4.69) is 62.4 Å². The Morgan fingerprint density at radius 3 is 2.39 bits per heavy atom. The maximum atomic E-state index is 13.5. The molecule has 0 radical (unpaired) electrons. The van der Waals surface area contributed by atoms with E-state index in [1.54, 1.807) is 85.6 Å². The van der Waals surface area contributed by atoms with Crippen molar-refractivity contribution in [2.75, 3.05) is 76.1 Å². The predicted molar refractivity (Wildman–Crippen MR) is 316 cm³/mol. The summed E-state index contributed by atoms with van der Waals surface area (Å²) in [5, 5.41) is 20.7. The zero-order valence-corrected chi connectivity index (χ0v) is 50.2. The number of ether oxygens (including phenoxy) is 6. The Morgan fingerprint density at radius 1 is 0.874 bits per heavy atom. The van der Waals surface area contributed by atoms with Crippen LogP contribution in [0.4, 0.5) is 11.8 Å². The Kier molecular flexibility index (Phi) is 20.3. The molecule has 2 fully saturated rings. The highest BCUT2D eigenvalue weighted by atomic mass is 16.5. The fourth-order valence-corrected chi connectivity index (χ4v) is 10.4. The predicted octanol–water partition coefficient (Wildman–Crippen LogP) is 6.16. The zero-order valence-electron chi connectivity index (χ0n) is 50.2. The first-order valence-corrected chi connectivity index (χ1v) is 29.1. The molecule has 0 saturated carbocycles. The second kappa shape index (κ2) is 28.4. The van der Waals surface area contributed by atoms with Crippen molar-refractivity contribution in [2.45, 2.75) is 117 Å². The largest absolute Gasteiger partial charge is 0.489 e. The fraction of sp³-hybridized carbons (Fsp3) is 0.468. The number of anilines is 2. The average Bonchev–Trinajstić information content (AvgIpc) is 1.72. The van der Waals surface area contributed by atoms with Crippen molar-refractivity contribution < 1.29 is 52.4 Å². The van der Waals surface area contributed by atoms with Gasteiger partial charge in [0.15, 0.2) is 12.4 Å². The van der Waals surface area contributed by atoms with Crippen LogP contribution in [0.15, 0.2) is 91.6 Å². The molecule has 87 heavy (non-hydrogen) atoms. The topological polar surface area (TPSA) is 285 Å². The summed E-state index contributed by atoms with van der Waals surface area (Å²) >= 11 is 0. The van der Waals surface area contributed by atoms with E-state index in [0.717, 1.165) is 6.42 Å². The number of ketones is 1. The standard InChI is InChI=1S/C62H74N14O11/c1-41-35-73(60-66-32-43(33-67-60)50-15-14-49-57(80)62(5,6)76(58(49)69-50)36-42-10-9-22-64-52(42)31-63)25-26-75(41)56(79)38-74-37-44(70-71-74)39-84-29-28-83-27-20-55(78)72-23-18-45(19-24-72)86-48-13-16-54(65-34-48)87-47-12-8-11-46(30-47)85-40-53(77)68-51(59(81)82-7)17-21-61(2,3)4/h8-16,22,30,32-34,37,41,45,51H,17-21,23-29,35-36,38-40H2,1-7H3,(H,68,77)/t41-,51+/m1/s1. The highest BCUT2D eigenvalue weighted by Crippen LogP contribution is 2.40. The Bertz CT molecular complexity index is 3410. The van der Waals surface area contributed by atoms with Crippen molar-refractivity contribution in [3.05, 3.63) is 114 Å². The number of nitrogens with one attached hydrogen (secondary N) is 1. The molecule has 3 aliphatic rings. The summed E-state index contributed by atoms with van der Waals surface area (Å²) in [6, 6.07) is 18.7. The normalized spacial score (nSPS) is 16.2. The highest BCUT2D eigenvalue weighted by Gasteiger charge is 2.45. The minimum atomic E-state index is -0.885. The third-order valence-electron chi connectivity index (χ3n) is 15.3. The second-order valence-electron chi connectivity index (χ2n) is 23.3. The number of rotatable bonds is 25. The van der Waals surface area contributed by atoms with Crippen LogP contribution in [-0.2, 0) is 53.1 Å². The van der Waals surface area contributed by atoms with Crippen LogP contribution in [0.5, 0.6) is 23.1 Å². The van der Waals surface area contributed by atoms with Crippen molar-refractivity contribution in [2.24, 2.45) is 5.41 Å². The fourth-order valence-electron chi connectivity index (χ4n) is 10.4. The number of methoxy groups -OCH3 is 1. The van der Waals surface area contributed by atoms with Gasteiger partial charge in [-0.05, 0) is 75.4 Å². The Morgan fingerprint density at radius 2 is 1.66 bits per heavy atom. The molecule has 5 aromatic heterocycles. The lowest BCUT2D eigenvalue weighted by molar-refractivity contribution is -0.145. The van der Waals surface area contributed by atoms with Crippen LogP contribution in [0.3, 0.4) is 0 Å². The lowest BCUT2D eigenvalue weighted by atomic mass is 9.88. The van der Waals surface area contributed by atoms with Crippen LogP contribution in [0.1, 0.15) is 101 Å². The van der Waals surface area contributed by atoms with Gasteiger partial charge in [-0.25, -0.2) is 34.4 Å². The lowest BCUT2D eigenvalue weighted by Crippen LogP contribution is -2.55. The minimum absolute atomic E-state index is 0.00992. The van der Waals surface area contributed by atoms with Gasteiger partial charge < -0.3 is 53.3 Å². The van der Waals surface area contributed by atoms with Crippen LogP contribution in [0, 0.1) is 16.7 Å². The first-order chi connectivity index (χ1) is 41.8. The molecule has 25 heteroatoms. The molecule has 0 bridgehead atoms. The van der Waals surface area contributed by atoms with Gasteiger partial charge in [0.05, 0.1) is 69.1 Å². The quantitative estimate of drug-likeness (QED) is 0.0496. The molecule has 0 spiro atoms. The molecule has 0 aliphatic carbocycles. The number of nitriles is 1. The van der Waals surface area contributed by atoms with Gasteiger partial charge in [0.2, 0.25) is 23.6 Å². The van der Waals surface area contributed by atoms with Gasteiger partial charge in [-0.2, -0.15) is 5.26 Å². The molecule has 3 aliphatic heterocycles. The molecule has 0 unspecified atom stereocenters. The Hall–Kier alpha value is -9.15. The van der Waals surface area contributed by atoms with Crippen molar-refractivity contribution in [3.8, 4) is 40.5 Å². The Balaban J connectivity index is 0.623. The molecule has 3 amide bonds. The summed E-state index contributed by atoms with van der Waals surface area (Å²) in [5.74, 6) is 1.73. The smallest absolute Gasteiger partial charge is 0.328 e. The molecule has 1 aromatic carbocycles. The van der Waals surface area contributed by atoms with Crippen LogP contribution >= 0.6 is 0 Å². The number of benzene rings is 1. The third kappa shape index (κ3) is 16.4. The zero-order chi connectivity index (χ0) is 61.7. The van der Waals surface area contributed by atoms with Crippen molar-refractivity contribution in [1.82, 2.24) is 55.0 Å². The van der Waals surface area contributed by atoms with Crippen LogP contribution in [-0.4, -0.2) is 169 Å². The number of fused-ring (bicyclic) bond motifs is 1. The summed E-state index contributed by atoms with van der Waals surface area (Å²) in [7, 11) is 1.29.